The largest absolute Gasteiger partial charge is 0.366 e. The number of primary amides is 1. The van der Waals surface area contributed by atoms with Crippen LogP contribution in [-0.2, 0) is 4.79 Å². The topological polar surface area (TPSA) is 43.1 Å². The third-order valence-electron chi connectivity index (χ3n) is 0.996. The molecule has 0 aliphatic heterocycles. The van der Waals surface area contributed by atoms with Crippen molar-refractivity contribution in [1.82, 2.24) is 0 Å². The predicted octanol–water partition coefficient (Wildman–Crippen LogP) is 2.19. The fourth-order valence-electron chi connectivity index (χ4n) is 0.236. The van der Waals surface area contributed by atoms with E-state index in [-0.39, 0.29) is 0 Å². The maximum atomic E-state index is 9.82. The zero-order chi connectivity index (χ0) is 9.98. The highest BCUT2D eigenvalue weighted by Crippen LogP contribution is 1.86. The molecule has 0 saturated heterocycles. The van der Waals surface area contributed by atoms with Gasteiger partial charge in [0.15, 0.2) is 0 Å². The van der Waals surface area contributed by atoms with Gasteiger partial charge in [0.1, 0.15) is 0 Å². The first-order valence-corrected chi connectivity index (χ1v) is 3.73. The number of hydrogen-bond donors (Lipinski definition) is 1. The maximum Gasteiger partial charge on any atom is 0.243 e. The number of carbonyl (C=O) groups excluding carboxylic acids is 1. The summed E-state index contributed by atoms with van der Waals surface area (Å²) in [4.78, 5) is 9.82. The molecule has 0 radical (unpaired) electrons. The van der Waals surface area contributed by atoms with Crippen LogP contribution in [0.15, 0.2) is 37.5 Å². The van der Waals surface area contributed by atoms with Crippen LogP contribution in [0.2, 0.25) is 0 Å². The Morgan fingerprint density at radius 2 is 1.58 bits per heavy atom. The Hall–Kier alpha value is -1.31. The molecule has 0 aromatic heterocycles. The Morgan fingerprint density at radius 3 is 1.67 bits per heavy atom. The molecule has 0 spiro atoms. The van der Waals surface area contributed by atoms with Crippen LogP contribution in [0.3, 0.4) is 0 Å². The van der Waals surface area contributed by atoms with E-state index in [0.717, 1.165) is 12.8 Å². The van der Waals surface area contributed by atoms with E-state index in [4.69, 9.17) is 5.73 Å². The second kappa shape index (κ2) is 9.69. The number of allylic oxidation sites excluding steroid dienone is 2. The molecule has 2 N–H and O–H groups in total. The number of amides is 1. The summed E-state index contributed by atoms with van der Waals surface area (Å²) in [5, 5.41) is 0. The first kappa shape index (κ1) is 13.3. The Kier molecular flexibility index (Phi) is 10.7. The van der Waals surface area contributed by atoms with Crippen molar-refractivity contribution in [2.45, 2.75) is 19.8 Å². The summed E-state index contributed by atoms with van der Waals surface area (Å²) in [7, 11) is 0. The summed E-state index contributed by atoms with van der Waals surface area (Å²) < 4.78 is 0. The Balaban J connectivity index is 0. The highest BCUT2D eigenvalue weighted by atomic mass is 16.1. The van der Waals surface area contributed by atoms with E-state index in [2.05, 4.69) is 19.7 Å². The molecule has 0 aliphatic carbocycles. The fourth-order valence-corrected chi connectivity index (χ4v) is 0.236. The predicted molar refractivity (Wildman–Crippen MR) is 53.6 cm³/mol. The number of hydrogen-bond acceptors (Lipinski definition) is 1. The summed E-state index contributed by atoms with van der Waals surface area (Å²) >= 11 is 0. The third-order valence-corrected chi connectivity index (χ3v) is 0.996. The van der Waals surface area contributed by atoms with Crippen LogP contribution in [-0.4, -0.2) is 5.91 Å². The van der Waals surface area contributed by atoms with Gasteiger partial charge in [-0.3, -0.25) is 4.79 Å². The zero-order valence-electron chi connectivity index (χ0n) is 7.68. The molecular weight excluding hydrogens is 150 g/mol. The normalized spacial score (nSPS) is 7.42. The number of nitrogens with two attached hydrogens (primary N) is 1. The summed E-state index contributed by atoms with van der Waals surface area (Å²) in [6.45, 7) is 12.0. The van der Waals surface area contributed by atoms with Gasteiger partial charge in [-0.2, -0.15) is 0 Å². The number of unbranched alkanes of at least 4 members (excludes halogenated alkanes) is 1. The standard InChI is InChI=1S/C6H10.C4H7NO/c1-3-5-6-4-2;1-3(2)4(5)6/h3-4H,1-2,5-6H2;1H2,2H3,(H2,5,6). The van der Waals surface area contributed by atoms with Crippen LogP contribution in [0.1, 0.15) is 19.8 Å². The Morgan fingerprint density at radius 1 is 1.33 bits per heavy atom. The van der Waals surface area contributed by atoms with Crippen LogP contribution in [0.5, 0.6) is 0 Å². The number of rotatable bonds is 4. The first-order valence-electron chi connectivity index (χ1n) is 3.73. The van der Waals surface area contributed by atoms with Gasteiger partial charge in [-0.25, -0.2) is 0 Å². The molecule has 0 fully saturated rings. The summed E-state index contributed by atoms with van der Waals surface area (Å²) in [5.74, 6) is -0.435. The van der Waals surface area contributed by atoms with Crippen molar-refractivity contribution in [2.24, 2.45) is 5.73 Å². The lowest BCUT2D eigenvalue weighted by Crippen LogP contribution is -2.10. The van der Waals surface area contributed by atoms with E-state index in [0.29, 0.717) is 5.57 Å². The van der Waals surface area contributed by atoms with Crippen molar-refractivity contribution in [3.05, 3.63) is 37.5 Å². The Labute approximate surface area is 74.5 Å². The lowest BCUT2D eigenvalue weighted by Gasteiger charge is -1.81. The van der Waals surface area contributed by atoms with Crippen molar-refractivity contribution in [3.63, 3.8) is 0 Å². The molecule has 1 amide bonds. The molecule has 12 heavy (non-hydrogen) atoms. The molecule has 2 nitrogen and oxygen atoms in total. The van der Waals surface area contributed by atoms with E-state index in [1.165, 1.54) is 0 Å². The molecular formula is C10H17NO. The first-order chi connectivity index (χ1) is 5.56. The van der Waals surface area contributed by atoms with Crippen LogP contribution in [0, 0.1) is 0 Å². The average molecular weight is 167 g/mol. The van der Waals surface area contributed by atoms with Crippen molar-refractivity contribution in [3.8, 4) is 0 Å². The molecule has 0 atom stereocenters. The number of carbonyl (C=O) groups is 1. The van der Waals surface area contributed by atoms with Gasteiger partial charge in [0.2, 0.25) is 5.91 Å². The zero-order valence-corrected chi connectivity index (χ0v) is 7.68. The Bertz CT molecular complexity index is 151. The minimum atomic E-state index is -0.435. The van der Waals surface area contributed by atoms with Gasteiger partial charge in [0.25, 0.3) is 0 Å². The second-order valence-corrected chi connectivity index (χ2v) is 2.30. The van der Waals surface area contributed by atoms with E-state index in [1.807, 2.05) is 12.2 Å². The lowest BCUT2D eigenvalue weighted by atomic mass is 10.3. The average Bonchev–Trinajstić information content (AvgIpc) is 2.02. The van der Waals surface area contributed by atoms with Gasteiger partial charge in [0.05, 0.1) is 0 Å². The molecule has 0 aromatic rings. The van der Waals surface area contributed by atoms with Gasteiger partial charge in [-0.15, -0.1) is 13.2 Å². The van der Waals surface area contributed by atoms with E-state index < -0.39 is 5.91 Å². The van der Waals surface area contributed by atoms with Crippen LogP contribution >= 0.6 is 0 Å². The monoisotopic (exact) mass is 167 g/mol. The highest BCUT2D eigenvalue weighted by Gasteiger charge is 1.86. The van der Waals surface area contributed by atoms with Gasteiger partial charge >= 0.3 is 0 Å². The maximum absolute atomic E-state index is 9.82. The van der Waals surface area contributed by atoms with E-state index in [9.17, 15) is 4.79 Å². The fraction of sp³-hybridized carbons (Fsp3) is 0.300. The molecule has 0 saturated carbocycles. The minimum Gasteiger partial charge on any atom is -0.366 e. The molecule has 2 heteroatoms. The smallest absolute Gasteiger partial charge is 0.243 e. The van der Waals surface area contributed by atoms with Crippen molar-refractivity contribution in [1.29, 1.82) is 0 Å². The summed E-state index contributed by atoms with van der Waals surface area (Å²) in [6, 6.07) is 0. The van der Waals surface area contributed by atoms with Crippen molar-refractivity contribution < 1.29 is 4.79 Å². The van der Waals surface area contributed by atoms with Crippen molar-refractivity contribution >= 4 is 5.91 Å². The van der Waals surface area contributed by atoms with Crippen LogP contribution in [0.25, 0.3) is 0 Å². The van der Waals surface area contributed by atoms with E-state index in [1.54, 1.807) is 6.92 Å². The van der Waals surface area contributed by atoms with Gasteiger partial charge < -0.3 is 5.73 Å². The second-order valence-electron chi connectivity index (χ2n) is 2.30. The van der Waals surface area contributed by atoms with Crippen LogP contribution < -0.4 is 5.73 Å². The van der Waals surface area contributed by atoms with Gasteiger partial charge in [0, 0.05) is 5.57 Å². The molecule has 0 aliphatic rings. The molecule has 0 aromatic carbocycles. The van der Waals surface area contributed by atoms with Gasteiger partial charge in [-0.05, 0) is 19.8 Å². The summed E-state index contributed by atoms with van der Waals surface area (Å²) in [6.07, 6.45) is 5.90. The molecule has 68 valence electrons. The minimum absolute atomic E-state index is 0.398. The van der Waals surface area contributed by atoms with Gasteiger partial charge in [-0.1, -0.05) is 18.7 Å². The lowest BCUT2D eigenvalue weighted by molar-refractivity contribution is -0.114. The van der Waals surface area contributed by atoms with E-state index >= 15 is 0 Å². The molecule has 0 heterocycles. The van der Waals surface area contributed by atoms with Crippen molar-refractivity contribution in [2.75, 3.05) is 0 Å². The highest BCUT2D eigenvalue weighted by molar-refractivity contribution is 5.90. The molecule has 0 unspecified atom stereocenters. The third kappa shape index (κ3) is 15.9. The molecule has 0 bridgehead atoms. The molecule has 0 rings (SSSR count). The SMILES string of the molecule is C=C(C)C(N)=O.C=CCCC=C. The summed E-state index contributed by atoms with van der Waals surface area (Å²) in [5.41, 5.74) is 5.09. The van der Waals surface area contributed by atoms with Crippen LogP contribution in [0.4, 0.5) is 0 Å². The quantitative estimate of drug-likeness (QED) is 0.389.